The van der Waals surface area contributed by atoms with Gasteiger partial charge in [-0.2, -0.15) is 5.10 Å². The lowest BCUT2D eigenvalue weighted by atomic mass is 9.98. The zero-order valence-electron chi connectivity index (χ0n) is 13.3. The highest BCUT2D eigenvalue weighted by Crippen LogP contribution is 2.35. The van der Waals surface area contributed by atoms with Crippen LogP contribution in [0.4, 0.5) is 11.5 Å². The quantitative estimate of drug-likeness (QED) is 0.665. The molecule has 1 atom stereocenters. The van der Waals surface area contributed by atoms with Gasteiger partial charge in [0.15, 0.2) is 0 Å². The van der Waals surface area contributed by atoms with Gasteiger partial charge in [0, 0.05) is 19.1 Å². The van der Waals surface area contributed by atoms with Crippen LogP contribution in [0.15, 0.2) is 0 Å². The normalized spacial score (nSPS) is 19.3. The molecule has 21 heavy (non-hydrogen) atoms. The molecule has 1 fully saturated rings. The summed E-state index contributed by atoms with van der Waals surface area (Å²) in [5.74, 6) is 1.20. The lowest BCUT2D eigenvalue weighted by Crippen LogP contribution is -2.40. The Bertz CT molecular complexity index is 510. The summed E-state index contributed by atoms with van der Waals surface area (Å²) in [6, 6.07) is 0.108. The topological polar surface area (TPSA) is 76.2 Å². The molecular weight excluding hydrogens is 270 g/mol. The highest BCUT2D eigenvalue weighted by molar-refractivity contribution is 5.61. The molecule has 0 amide bonds. The third-order valence-electron chi connectivity index (χ3n) is 4.01. The molecule has 1 aliphatic rings. The second-order valence-electron chi connectivity index (χ2n) is 6.06. The highest BCUT2D eigenvalue weighted by Gasteiger charge is 2.32. The van der Waals surface area contributed by atoms with Gasteiger partial charge in [0.1, 0.15) is 5.69 Å². The lowest BCUT2D eigenvalue weighted by Gasteiger charge is -2.34. The van der Waals surface area contributed by atoms with E-state index in [2.05, 4.69) is 15.3 Å². The maximum absolute atomic E-state index is 11.4. The number of nitrogens with one attached hydrogen (secondary N) is 1. The van der Waals surface area contributed by atoms with Crippen molar-refractivity contribution < 1.29 is 4.92 Å². The minimum atomic E-state index is -0.293. The number of anilines is 1. The van der Waals surface area contributed by atoms with Gasteiger partial charge < -0.3 is 10.2 Å². The first-order valence-electron chi connectivity index (χ1n) is 7.58. The first-order chi connectivity index (χ1) is 9.95. The first-order valence-corrected chi connectivity index (χ1v) is 7.58. The van der Waals surface area contributed by atoms with Crippen molar-refractivity contribution in [1.82, 2.24) is 15.1 Å². The molecule has 1 aliphatic heterocycles. The van der Waals surface area contributed by atoms with Crippen molar-refractivity contribution in [3.8, 4) is 0 Å². The molecule has 2 rings (SSSR count). The van der Waals surface area contributed by atoms with Gasteiger partial charge in [-0.05, 0) is 53.1 Å². The van der Waals surface area contributed by atoms with Crippen LogP contribution in [0.1, 0.15) is 38.4 Å². The van der Waals surface area contributed by atoms with Crippen molar-refractivity contribution >= 4 is 11.5 Å². The van der Waals surface area contributed by atoms with Crippen LogP contribution in [0.3, 0.4) is 0 Å². The summed E-state index contributed by atoms with van der Waals surface area (Å²) < 4.78 is 1.80. The molecule has 0 aliphatic carbocycles. The van der Waals surface area contributed by atoms with Crippen molar-refractivity contribution in [3.05, 3.63) is 15.8 Å². The van der Waals surface area contributed by atoms with Crippen molar-refractivity contribution in [2.24, 2.45) is 5.92 Å². The number of hydrogen-bond donors (Lipinski definition) is 1. The van der Waals surface area contributed by atoms with E-state index < -0.39 is 0 Å². The van der Waals surface area contributed by atoms with E-state index in [4.69, 9.17) is 0 Å². The standard InChI is InChI=1S/C14H25N5O2/c1-10(2)18-14(13(19(20)21)11(3)16-18)17-7-5-6-12(9-17)8-15-4/h10,12,15H,5-9H2,1-4H3. The molecule has 1 aromatic rings. The number of nitro groups is 1. The monoisotopic (exact) mass is 295 g/mol. The third kappa shape index (κ3) is 3.18. The minimum absolute atomic E-state index is 0.108. The molecule has 1 N–H and O–H groups in total. The maximum Gasteiger partial charge on any atom is 0.333 e. The van der Waals surface area contributed by atoms with E-state index in [9.17, 15) is 10.1 Å². The fourth-order valence-corrected chi connectivity index (χ4v) is 3.11. The van der Waals surface area contributed by atoms with Gasteiger partial charge in [-0.1, -0.05) is 0 Å². The Labute approximate surface area is 125 Å². The molecule has 1 saturated heterocycles. The van der Waals surface area contributed by atoms with Crippen LogP contribution >= 0.6 is 0 Å². The molecule has 7 nitrogen and oxygen atoms in total. The van der Waals surface area contributed by atoms with E-state index in [1.54, 1.807) is 11.6 Å². The van der Waals surface area contributed by atoms with E-state index in [1.165, 1.54) is 6.42 Å². The van der Waals surface area contributed by atoms with Crippen molar-refractivity contribution in [1.29, 1.82) is 0 Å². The Kier molecular flexibility index (Phi) is 4.82. The van der Waals surface area contributed by atoms with E-state index in [0.717, 1.165) is 26.1 Å². The van der Waals surface area contributed by atoms with E-state index in [1.807, 2.05) is 20.9 Å². The Balaban J connectivity index is 2.38. The van der Waals surface area contributed by atoms with E-state index >= 15 is 0 Å². The van der Waals surface area contributed by atoms with Gasteiger partial charge in [0.2, 0.25) is 5.82 Å². The van der Waals surface area contributed by atoms with Gasteiger partial charge in [-0.25, -0.2) is 4.68 Å². The molecule has 1 unspecified atom stereocenters. The van der Waals surface area contributed by atoms with Crippen molar-refractivity contribution in [2.75, 3.05) is 31.6 Å². The molecule has 0 saturated carbocycles. The van der Waals surface area contributed by atoms with Crippen LogP contribution in [-0.2, 0) is 0 Å². The molecule has 0 spiro atoms. The third-order valence-corrected chi connectivity index (χ3v) is 4.01. The van der Waals surface area contributed by atoms with E-state index in [0.29, 0.717) is 17.4 Å². The van der Waals surface area contributed by atoms with Crippen LogP contribution in [0.25, 0.3) is 0 Å². The number of piperidine rings is 1. The molecular formula is C14H25N5O2. The van der Waals surface area contributed by atoms with Crippen LogP contribution in [-0.4, -0.2) is 41.4 Å². The SMILES string of the molecule is CNCC1CCCN(c2c([N+](=O)[O-])c(C)nn2C(C)C)C1. The zero-order chi connectivity index (χ0) is 15.6. The summed E-state index contributed by atoms with van der Waals surface area (Å²) in [5, 5.41) is 19.0. The number of nitrogens with zero attached hydrogens (tertiary/aromatic N) is 4. The van der Waals surface area contributed by atoms with Crippen molar-refractivity contribution in [2.45, 2.75) is 39.7 Å². The van der Waals surface area contributed by atoms with Gasteiger partial charge >= 0.3 is 5.69 Å². The average Bonchev–Trinajstić information content (AvgIpc) is 2.77. The predicted molar refractivity (Wildman–Crippen MR) is 82.9 cm³/mol. The number of hydrogen-bond acceptors (Lipinski definition) is 5. The second-order valence-corrected chi connectivity index (χ2v) is 6.06. The average molecular weight is 295 g/mol. The molecule has 1 aromatic heterocycles. The Morgan fingerprint density at radius 3 is 2.81 bits per heavy atom. The summed E-state index contributed by atoms with van der Waals surface area (Å²) in [7, 11) is 1.95. The Morgan fingerprint density at radius 1 is 1.52 bits per heavy atom. The summed E-state index contributed by atoms with van der Waals surface area (Å²) in [6.07, 6.45) is 2.23. The van der Waals surface area contributed by atoms with E-state index in [-0.39, 0.29) is 16.7 Å². The van der Waals surface area contributed by atoms with Gasteiger partial charge in [-0.3, -0.25) is 10.1 Å². The molecule has 118 valence electrons. The molecule has 0 radical (unpaired) electrons. The fourth-order valence-electron chi connectivity index (χ4n) is 3.11. The van der Waals surface area contributed by atoms with Crippen LogP contribution < -0.4 is 10.2 Å². The number of aromatic nitrogens is 2. The van der Waals surface area contributed by atoms with Crippen LogP contribution in [0, 0.1) is 23.0 Å². The van der Waals surface area contributed by atoms with Crippen molar-refractivity contribution in [3.63, 3.8) is 0 Å². The largest absolute Gasteiger partial charge is 0.351 e. The Morgan fingerprint density at radius 2 is 2.24 bits per heavy atom. The molecule has 0 bridgehead atoms. The fraction of sp³-hybridized carbons (Fsp3) is 0.786. The molecule has 2 heterocycles. The zero-order valence-corrected chi connectivity index (χ0v) is 13.3. The van der Waals surface area contributed by atoms with Crippen LogP contribution in [0.2, 0.25) is 0 Å². The number of aryl methyl sites for hydroxylation is 1. The smallest absolute Gasteiger partial charge is 0.333 e. The van der Waals surface area contributed by atoms with Crippen LogP contribution in [0.5, 0.6) is 0 Å². The summed E-state index contributed by atoms with van der Waals surface area (Å²) in [5.41, 5.74) is 0.660. The predicted octanol–water partition coefficient (Wildman–Crippen LogP) is 2.12. The van der Waals surface area contributed by atoms with Gasteiger partial charge in [0.05, 0.1) is 4.92 Å². The number of rotatable bonds is 5. The summed E-state index contributed by atoms with van der Waals surface area (Å²) in [6.45, 7) is 8.39. The Hall–Kier alpha value is -1.63. The summed E-state index contributed by atoms with van der Waals surface area (Å²) in [4.78, 5) is 13.3. The lowest BCUT2D eigenvalue weighted by molar-refractivity contribution is -0.384. The maximum atomic E-state index is 11.4. The first kappa shape index (κ1) is 15.8. The van der Waals surface area contributed by atoms with Gasteiger partial charge in [-0.15, -0.1) is 0 Å². The summed E-state index contributed by atoms with van der Waals surface area (Å²) >= 11 is 0. The minimum Gasteiger partial charge on any atom is -0.351 e. The molecule has 0 aromatic carbocycles. The second kappa shape index (κ2) is 6.43. The molecule has 7 heteroatoms. The highest BCUT2D eigenvalue weighted by atomic mass is 16.6. The van der Waals surface area contributed by atoms with Gasteiger partial charge in [0.25, 0.3) is 0 Å².